The van der Waals surface area contributed by atoms with Crippen molar-refractivity contribution < 1.29 is 49.5 Å². The van der Waals surface area contributed by atoms with Crippen LogP contribution in [0.1, 0.15) is 39.9 Å². The molecule has 0 spiro atoms. The number of sulfonamides is 1. The number of rotatable bonds is 8. The van der Waals surface area contributed by atoms with Gasteiger partial charge < -0.3 is 14.2 Å². The number of methoxy groups -OCH3 is 1. The van der Waals surface area contributed by atoms with Crippen LogP contribution in [0.3, 0.4) is 0 Å². The van der Waals surface area contributed by atoms with Crippen LogP contribution in [0.2, 0.25) is 0 Å². The summed E-state index contributed by atoms with van der Waals surface area (Å²) in [6.07, 6.45) is -6.97. The minimum atomic E-state index is -4.85. The number of amides is 1. The van der Waals surface area contributed by atoms with Crippen molar-refractivity contribution in [2.45, 2.75) is 62.3 Å². The van der Waals surface area contributed by atoms with Crippen molar-refractivity contribution in [2.75, 3.05) is 23.3 Å². The summed E-state index contributed by atoms with van der Waals surface area (Å²) >= 11 is 0. The number of alkyl halides is 3. The van der Waals surface area contributed by atoms with Crippen LogP contribution < -0.4 is 24.9 Å². The zero-order valence-electron chi connectivity index (χ0n) is 23.5. The van der Waals surface area contributed by atoms with Crippen molar-refractivity contribution in [3.63, 3.8) is 0 Å². The molecule has 1 aromatic heterocycles. The Morgan fingerprint density at radius 3 is 2.47 bits per heavy atom. The molecule has 3 aromatic rings. The molecule has 17 heteroatoms. The molecule has 0 fully saturated rings. The number of fused-ring (bicyclic) bond motifs is 1. The van der Waals surface area contributed by atoms with Gasteiger partial charge in [-0.25, -0.2) is 22.4 Å². The first-order chi connectivity index (χ1) is 19.8. The van der Waals surface area contributed by atoms with E-state index in [1.165, 1.54) is 25.3 Å². The van der Waals surface area contributed by atoms with E-state index in [1.807, 2.05) is 0 Å². The molecule has 12 nitrogen and oxygen atoms in total. The van der Waals surface area contributed by atoms with Crippen molar-refractivity contribution in [3.8, 4) is 11.5 Å². The molecule has 43 heavy (non-hydrogen) atoms. The molecule has 234 valence electrons. The predicted molar refractivity (Wildman–Crippen MR) is 143 cm³/mol. The molecule has 0 bridgehead atoms. The molecule has 0 aliphatic carbocycles. The van der Waals surface area contributed by atoms with Gasteiger partial charge in [0.05, 0.1) is 24.2 Å². The minimum absolute atomic E-state index is 0.0490. The second-order valence-electron chi connectivity index (χ2n) is 10.8. The fourth-order valence-corrected chi connectivity index (χ4v) is 5.79. The third kappa shape index (κ3) is 6.55. The zero-order valence-corrected chi connectivity index (χ0v) is 24.4. The number of carbonyl (C=O) groups is 1. The highest BCUT2D eigenvalue weighted by Crippen LogP contribution is 2.42. The Hall–Kier alpha value is -4.28. The van der Waals surface area contributed by atoms with E-state index in [2.05, 4.69) is 24.7 Å². The highest BCUT2D eigenvalue weighted by atomic mass is 32.2. The first kappa shape index (κ1) is 31.7. The van der Waals surface area contributed by atoms with Gasteiger partial charge in [0, 0.05) is 17.2 Å². The minimum Gasteiger partial charge on any atom is -0.494 e. The molecular weight excluding hydrogens is 604 g/mol. The molecule has 1 atom stereocenters. The number of aromatic amines is 1. The molecule has 2 heterocycles. The van der Waals surface area contributed by atoms with Gasteiger partial charge in [-0.3, -0.25) is 19.1 Å². The average molecular weight is 633 g/mol. The van der Waals surface area contributed by atoms with Gasteiger partial charge in [-0.1, -0.05) is 19.0 Å². The summed E-state index contributed by atoms with van der Waals surface area (Å²) in [5.41, 5.74) is -3.83. The van der Waals surface area contributed by atoms with Crippen LogP contribution >= 0.6 is 0 Å². The highest BCUT2D eigenvalue weighted by molar-refractivity contribution is 7.92. The number of hydrogen-bond acceptors (Lipinski definition) is 9. The lowest BCUT2D eigenvalue weighted by atomic mass is 9.85. The Morgan fingerprint density at radius 1 is 1.16 bits per heavy atom. The summed E-state index contributed by atoms with van der Waals surface area (Å²) in [6, 6.07) is 6.76. The summed E-state index contributed by atoms with van der Waals surface area (Å²) in [5.74, 6) is -1.65. The number of hydrogen-bond donors (Lipinski definition) is 2. The van der Waals surface area contributed by atoms with Crippen LogP contribution in [0.4, 0.5) is 33.7 Å². The second-order valence-corrected chi connectivity index (χ2v) is 12.7. The molecule has 1 aliphatic rings. The molecule has 0 saturated heterocycles. The third-order valence-electron chi connectivity index (χ3n) is 6.70. The summed E-state index contributed by atoms with van der Waals surface area (Å²) < 4.78 is 103. The maximum atomic E-state index is 14.1. The molecule has 0 saturated carbocycles. The van der Waals surface area contributed by atoms with E-state index in [0.717, 1.165) is 22.5 Å². The van der Waals surface area contributed by atoms with E-state index in [1.54, 1.807) is 13.8 Å². The Morgan fingerprint density at radius 2 is 1.86 bits per heavy atom. The number of ether oxygens (including phenoxy) is 3. The number of aromatic nitrogens is 2. The fraction of sp³-hybridized carbons (Fsp3) is 0.423. The molecular formula is C26H28F4N4O8S. The van der Waals surface area contributed by atoms with E-state index in [0.29, 0.717) is 13.8 Å². The molecule has 0 unspecified atom stereocenters. The Bertz CT molecular complexity index is 1680. The van der Waals surface area contributed by atoms with Gasteiger partial charge in [-0.05, 0) is 50.6 Å². The van der Waals surface area contributed by atoms with Crippen molar-refractivity contribution in [2.24, 2.45) is 0 Å². The number of H-pyrrole nitrogens is 1. The van der Waals surface area contributed by atoms with Gasteiger partial charge in [-0.15, -0.1) is 0 Å². The molecule has 2 N–H and O–H groups in total. The number of benzene rings is 2. The van der Waals surface area contributed by atoms with Crippen LogP contribution in [-0.2, 0) is 20.2 Å². The van der Waals surface area contributed by atoms with Gasteiger partial charge in [0.2, 0.25) is 5.60 Å². The average Bonchev–Trinajstić information content (AvgIpc) is 3.34. The number of carbonyl (C=O) groups excluding carboxylic acids is 1. The number of halogens is 4. The first-order valence-electron chi connectivity index (χ1n) is 12.6. The van der Waals surface area contributed by atoms with E-state index in [9.17, 15) is 35.6 Å². The monoisotopic (exact) mass is 632 g/mol. The van der Waals surface area contributed by atoms with E-state index < -0.39 is 51.0 Å². The van der Waals surface area contributed by atoms with Gasteiger partial charge in [0.15, 0.2) is 17.4 Å². The highest BCUT2D eigenvalue weighted by Gasteiger charge is 2.51. The van der Waals surface area contributed by atoms with E-state index in [4.69, 9.17) is 9.47 Å². The number of nitrogens with one attached hydrogen (secondary N) is 2. The summed E-state index contributed by atoms with van der Waals surface area (Å²) in [7, 11) is -3.28. The first-order valence-corrected chi connectivity index (χ1v) is 14.1. The van der Waals surface area contributed by atoms with Gasteiger partial charge in [-0.2, -0.15) is 13.2 Å². The summed E-state index contributed by atoms with van der Waals surface area (Å²) in [5, 5.41) is 5.89. The van der Waals surface area contributed by atoms with Gasteiger partial charge >= 0.3 is 18.0 Å². The van der Waals surface area contributed by atoms with Gasteiger partial charge in [0.1, 0.15) is 11.9 Å². The lowest BCUT2D eigenvalue weighted by Gasteiger charge is -2.38. The Balaban J connectivity index is 1.72. The SMILES string of the molecule is COc1cc(S(=O)(=O)N2C[C@H](CC(C)(C)c3noc(=O)[nH]3)Oc3ccc(NC(=O)OC(C)(C)C(F)(F)F)cc32)ccc1F. The number of nitrogens with zero attached hydrogens (tertiary/aromatic N) is 2. The van der Waals surface area contributed by atoms with Crippen molar-refractivity contribution in [1.82, 2.24) is 10.1 Å². The van der Waals surface area contributed by atoms with Crippen molar-refractivity contribution in [3.05, 3.63) is 58.6 Å². The van der Waals surface area contributed by atoms with Crippen LogP contribution in [0.5, 0.6) is 11.5 Å². The fourth-order valence-electron chi connectivity index (χ4n) is 4.27. The van der Waals surface area contributed by atoms with Gasteiger partial charge in [0.25, 0.3) is 10.0 Å². The summed E-state index contributed by atoms with van der Waals surface area (Å²) in [6.45, 7) is 4.51. The smallest absolute Gasteiger partial charge is 0.438 e. The quantitative estimate of drug-likeness (QED) is 0.336. The molecule has 4 rings (SSSR count). The number of anilines is 2. The molecule has 2 aromatic carbocycles. The third-order valence-corrected chi connectivity index (χ3v) is 8.47. The van der Waals surface area contributed by atoms with Crippen LogP contribution in [0.15, 0.2) is 50.6 Å². The van der Waals surface area contributed by atoms with Crippen molar-refractivity contribution in [1.29, 1.82) is 0 Å². The summed E-state index contributed by atoms with van der Waals surface area (Å²) in [4.78, 5) is 26.0. The van der Waals surface area contributed by atoms with E-state index >= 15 is 0 Å². The maximum Gasteiger partial charge on any atom is 0.438 e. The maximum absolute atomic E-state index is 14.1. The normalized spacial score (nSPS) is 15.8. The standard InChI is InChI=1S/C26H28F4N4O8S/c1-24(2,21-32-23(36)42-33-21)12-15-13-34(43(37,38)16-7-8-17(27)20(11-16)39-5)18-10-14(6-9-19(18)40-15)31-22(35)41-25(3,4)26(28,29)30/h6-11,15H,12-13H2,1-5H3,(H,31,35)(H,32,33,36)/t15-/m0/s1. The van der Waals surface area contributed by atoms with E-state index in [-0.39, 0.29) is 46.6 Å². The van der Waals surface area contributed by atoms with Crippen LogP contribution in [-0.4, -0.2) is 56.2 Å². The lowest BCUT2D eigenvalue weighted by Crippen LogP contribution is -2.46. The zero-order chi connectivity index (χ0) is 32.0. The Kier molecular flexibility index (Phi) is 8.16. The lowest BCUT2D eigenvalue weighted by molar-refractivity contribution is -0.242. The topological polar surface area (TPSA) is 153 Å². The molecule has 1 amide bonds. The largest absolute Gasteiger partial charge is 0.494 e. The molecule has 0 radical (unpaired) electrons. The Labute approximate surface area is 243 Å². The predicted octanol–water partition coefficient (Wildman–Crippen LogP) is 4.72. The second kappa shape index (κ2) is 11.1. The van der Waals surface area contributed by atoms with Crippen LogP contribution in [0, 0.1) is 5.82 Å². The van der Waals surface area contributed by atoms with Crippen molar-refractivity contribution >= 4 is 27.5 Å². The van der Waals surface area contributed by atoms with Crippen LogP contribution in [0.25, 0.3) is 0 Å². The molecule has 1 aliphatic heterocycles.